The Hall–Kier alpha value is -2.09. The van der Waals surface area contributed by atoms with Crippen LogP contribution in [-0.4, -0.2) is 5.97 Å². The molecular formula is C19H22O2. The van der Waals surface area contributed by atoms with Crippen LogP contribution in [0.2, 0.25) is 0 Å². The van der Waals surface area contributed by atoms with E-state index in [1.54, 1.807) is 12.1 Å². The summed E-state index contributed by atoms with van der Waals surface area (Å²) in [4.78, 5) is 12.2. The van der Waals surface area contributed by atoms with Crippen molar-refractivity contribution in [2.75, 3.05) is 0 Å². The highest BCUT2D eigenvalue weighted by Crippen LogP contribution is 2.25. The quantitative estimate of drug-likeness (QED) is 0.517. The number of hydrogen-bond acceptors (Lipinski definition) is 2. The lowest BCUT2D eigenvalue weighted by molar-refractivity contribution is 0.0271. The summed E-state index contributed by atoms with van der Waals surface area (Å²) in [5.74, 6) is -0.249. The average Bonchev–Trinajstić information content (AvgIpc) is 2.55. The zero-order valence-corrected chi connectivity index (χ0v) is 12.5. The molecule has 0 N–H and O–H groups in total. The number of rotatable bonds is 7. The Labute approximate surface area is 126 Å². The molecule has 21 heavy (non-hydrogen) atoms. The first-order valence-corrected chi connectivity index (χ1v) is 7.62. The minimum atomic E-state index is -0.249. The summed E-state index contributed by atoms with van der Waals surface area (Å²) in [7, 11) is 0. The van der Waals surface area contributed by atoms with Crippen LogP contribution in [0.1, 0.15) is 54.6 Å². The Kier molecular flexibility index (Phi) is 6.01. The van der Waals surface area contributed by atoms with E-state index in [1.807, 2.05) is 48.5 Å². The van der Waals surface area contributed by atoms with Crippen molar-refractivity contribution in [1.29, 1.82) is 0 Å². The minimum absolute atomic E-state index is 0.162. The third-order valence-electron chi connectivity index (χ3n) is 3.50. The summed E-state index contributed by atoms with van der Waals surface area (Å²) in [5.41, 5.74) is 1.67. The van der Waals surface area contributed by atoms with Gasteiger partial charge in [0.1, 0.15) is 6.10 Å². The monoisotopic (exact) mass is 282 g/mol. The minimum Gasteiger partial charge on any atom is -0.454 e. The first-order valence-electron chi connectivity index (χ1n) is 7.62. The van der Waals surface area contributed by atoms with E-state index < -0.39 is 0 Å². The van der Waals surface area contributed by atoms with Crippen LogP contribution in [0, 0.1) is 0 Å². The zero-order chi connectivity index (χ0) is 14.9. The van der Waals surface area contributed by atoms with Gasteiger partial charge in [0.2, 0.25) is 0 Å². The molecule has 0 radical (unpaired) electrons. The smallest absolute Gasteiger partial charge is 0.338 e. The molecule has 2 heteroatoms. The van der Waals surface area contributed by atoms with Gasteiger partial charge in [-0.1, -0.05) is 68.3 Å². The predicted molar refractivity (Wildman–Crippen MR) is 85.2 cm³/mol. The molecule has 0 aliphatic heterocycles. The molecule has 0 fully saturated rings. The van der Waals surface area contributed by atoms with Crippen molar-refractivity contribution < 1.29 is 9.53 Å². The van der Waals surface area contributed by atoms with Gasteiger partial charge in [0.25, 0.3) is 0 Å². The van der Waals surface area contributed by atoms with Gasteiger partial charge in [-0.3, -0.25) is 0 Å². The molecule has 0 bridgehead atoms. The fourth-order valence-corrected chi connectivity index (χ4v) is 2.31. The Morgan fingerprint density at radius 3 is 2.19 bits per heavy atom. The third-order valence-corrected chi connectivity index (χ3v) is 3.50. The second kappa shape index (κ2) is 8.25. The van der Waals surface area contributed by atoms with E-state index in [0.29, 0.717) is 5.56 Å². The second-order valence-electron chi connectivity index (χ2n) is 5.17. The average molecular weight is 282 g/mol. The molecule has 0 aliphatic carbocycles. The molecule has 1 unspecified atom stereocenters. The molecule has 2 aromatic carbocycles. The summed E-state index contributed by atoms with van der Waals surface area (Å²) in [6.07, 6.45) is 4.10. The van der Waals surface area contributed by atoms with Gasteiger partial charge in [0.15, 0.2) is 0 Å². The molecule has 2 rings (SSSR count). The fraction of sp³-hybridized carbons (Fsp3) is 0.316. The van der Waals surface area contributed by atoms with Gasteiger partial charge in [0.05, 0.1) is 5.56 Å². The van der Waals surface area contributed by atoms with Crippen LogP contribution in [0.4, 0.5) is 0 Å². The molecule has 1 atom stereocenters. The number of hydrogen-bond donors (Lipinski definition) is 0. The zero-order valence-electron chi connectivity index (χ0n) is 12.5. The van der Waals surface area contributed by atoms with E-state index in [1.165, 1.54) is 0 Å². The van der Waals surface area contributed by atoms with Crippen LogP contribution in [0.15, 0.2) is 60.7 Å². The Balaban J connectivity index is 2.07. The number of esters is 1. The van der Waals surface area contributed by atoms with E-state index in [9.17, 15) is 4.79 Å². The lowest BCUT2D eigenvalue weighted by Crippen LogP contribution is -2.12. The fourth-order valence-electron chi connectivity index (χ4n) is 2.31. The van der Waals surface area contributed by atoms with Crippen molar-refractivity contribution in [3.8, 4) is 0 Å². The van der Waals surface area contributed by atoms with Gasteiger partial charge in [-0.2, -0.15) is 0 Å². The molecule has 0 spiro atoms. The highest BCUT2D eigenvalue weighted by molar-refractivity contribution is 5.89. The number of benzene rings is 2. The lowest BCUT2D eigenvalue weighted by Gasteiger charge is -2.18. The van der Waals surface area contributed by atoms with Crippen molar-refractivity contribution in [2.45, 2.75) is 38.7 Å². The van der Waals surface area contributed by atoms with Crippen molar-refractivity contribution in [1.82, 2.24) is 0 Å². The maximum absolute atomic E-state index is 12.2. The van der Waals surface area contributed by atoms with Crippen molar-refractivity contribution in [3.05, 3.63) is 71.8 Å². The summed E-state index contributed by atoms with van der Waals surface area (Å²) >= 11 is 0. The molecule has 2 aromatic rings. The second-order valence-corrected chi connectivity index (χ2v) is 5.17. The third kappa shape index (κ3) is 4.75. The lowest BCUT2D eigenvalue weighted by atomic mass is 10.0. The largest absolute Gasteiger partial charge is 0.454 e. The standard InChI is InChI=1S/C19H22O2/c1-2-3-6-15-18(16-11-7-4-8-12-16)21-19(20)17-13-9-5-10-14-17/h4-5,7-14,18H,2-3,6,15H2,1H3. The topological polar surface area (TPSA) is 26.3 Å². The maximum atomic E-state index is 12.2. The van der Waals surface area contributed by atoms with Gasteiger partial charge in [-0.25, -0.2) is 4.79 Å². The highest BCUT2D eigenvalue weighted by Gasteiger charge is 2.17. The summed E-state index contributed by atoms with van der Waals surface area (Å²) in [5, 5.41) is 0. The number of ether oxygens (including phenoxy) is 1. The van der Waals surface area contributed by atoms with E-state index in [0.717, 1.165) is 31.2 Å². The Morgan fingerprint density at radius 1 is 0.952 bits per heavy atom. The summed E-state index contributed by atoms with van der Waals surface area (Å²) in [6.45, 7) is 2.17. The van der Waals surface area contributed by atoms with Gasteiger partial charge in [0, 0.05) is 0 Å². The van der Waals surface area contributed by atoms with Crippen LogP contribution in [0.5, 0.6) is 0 Å². The van der Waals surface area contributed by atoms with E-state index in [4.69, 9.17) is 4.74 Å². The van der Waals surface area contributed by atoms with Crippen LogP contribution in [0.3, 0.4) is 0 Å². The highest BCUT2D eigenvalue weighted by atomic mass is 16.5. The normalized spacial score (nSPS) is 11.9. The van der Waals surface area contributed by atoms with Crippen molar-refractivity contribution in [2.24, 2.45) is 0 Å². The SMILES string of the molecule is CCCCCC(OC(=O)c1ccccc1)c1ccccc1. The molecule has 0 saturated heterocycles. The Morgan fingerprint density at radius 2 is 1.57 bits per heavy atom. The van der Waals surface area contributed by atoms with Crippen LogP contribution in [0.25, 0.3) is 0 Å². The molecule has 0 aliphatic rings. The van der Waals surface area contributed by atoms with Crippen LogP contribution < -0.4 is 0 Å². The number of unbranched alkanes of at least 4 members (excludes halogenated alkanes) is 2. The number of carbonyl (C=O) groups is 1. The molecule has 0 heterocycles. The van der Waals surface area contributed by atoms with Crippen LogP contribution >= 0.6 is 0 Å². The Bertz CT molecular complexity index is 534. The maximum Gasteiger partial charge on any atom is 0.338 e. The van der Waals surface area contributed by atoms with E-state index in [-0.39, 0.29) is 12.1 Å². The van der Waals surface area contributed by atoms with Gasteiger partial charge in [-0.15, -0.1) is 0 Å². The van der Waals surface area contributed by atoms with Crippen molar-refractivity contribution >= 4 is 5.97 Å². The van der Waals surface area contributed by atoms with E-state index >= 15 is 0 Å². The first-order chi connectivity index (χ1) is 10.3. The van der Waals surface area contributed by atoms with Crippen molar-refractivity contribution in [3.63, 3.8) is 0 Å². The summed E-state index contributed by atoms with van der Waals surface area (Å²) in [6, 6.07) is 19.2. The first kappa shape index (κ1) is 15.3. The number of carbonyl (C=O) groups excluding carboxylic acids is 1. The molecule has 2 nitrogen and oxygen atoms in total. The molecule has 0 aromatic heterocycles. The molecule has 0 saturated carbocycles. The molecule has 0 amide bonds. The van der Waals surface area contributed by atoms with Crippen LogP contribution in [-0.2, 0) is 4.74 Å². The van der Waals surface area contributed by atoms with Gasteiger partial charge < -0.3 is 4.74 Å². The predicted octanol–water partition coefficient (Wildman–Crippen LogP) is 5.17. The van der Waals surface area contributed by atoms with Gasteiger partial charge >= 0.3 is 5.97 Å². The van der Waals surface area contributed by atoms with Gasteiger partial charge in [-0.05, 0) is 30.5 Å². The van der Waals surface area contributed by atoms with E-state index in [2.05, 4.69) is 6.92 Å². The molecule has 110 valence electrons. The summed E-state index contributed by atoms with van der Waals surface area (Å²) < 4.78 is 5.73. The molecular weight excluding hydrogens is 260 g/mol.